The molecule has 0 radical (unpaired) electrons. The third kappa shape index (κ3) is 7.02. The zero-order valence-electron chi connectivity index (χ0n) is 24.8. The second-order valence-corrected chi connectivity index (χ2v) is 13.8. The zero-order chi connectivity index (χ0) is 30.9. The highest BCUT2D eigenvalue weighted by Crippen LogP contribution is 2.41. The Balaban J connectivity index is 1.43. The third-order valence-corrected chi connectivity index (χ3v) is 9.53. The number of halogens is 2. The topological polar surface area (TPSA) is 93.0 Å². The van der Waals surface area contributed by atoms with Crippen molar-refractivity contribution >= 4 is 27.5 Å². The number of hydrogen-bond donors (Lipinski definition) is 2. The molecule has 1 amide bonds. The van der Waals surface area contributed by atoms with Crippen LogP contribution in [0.3, 0.4) is 0 Å². The van der Waals surface area contributed by atoms with Crippen LogP contribution in [0.15, 0.2) is 54.7 Å². The van der Waals surface area contributed by atoms with Crippen LogP contribution in [0.5, 0.6) is 0 Å². The van der Waals surface area contributed by atoms with Crippen molar-refractivity contribution in [3.8, 4) is 22.4 Å². The summed E-state index contributed by atoms with van der Waals surface area (Å²) in [6.07, 6.45) is 1.66. The molecule has 0 spiro atoms. The normalized spacial score (nSPS) is 16.0. The number of para-hydroxylation sites is 1. The van der Waals surface area contributed by atoms with Crippen LogP contribution in [0.2, 0.25) is 0 Å². The van der Waals surface area contributed by atoms with E-state index >= 15 is 8.78 Å². The highest BCUT2D eigenvalue weighted by atomic mass is 32.3. The smallest absolute Gasteiger partial charge is 0.253 e. The Labute approximate surface area is 252 Å². The molecule has 2 N–H and O–H groups in total. The summed E-state index contributed by atoms with van der Waals surface area (Å²) >= 11 is 0. The van der Waals surface area contributed by atoms with Crippen LogP contribution >= 0.6 is 10.6 Å². The van der Waals surface area contributed by atoms with Gasteiger partial charge in [-0.05, 0) is 62.5 Å². The van der Waals surface area contributed by atoms with E-state index < -0.39 is 22.2 Å². The van der Waals surface area contributed by atoms with Crippen molar-refractivity contribution in [1.82, 2.24) is 24.7 Å². The first-order valence-corrected chi connectivity index (χ1v) is 16.0. The standard InChI is InChI=1S/C32H37F2N5O3S/c1-21-16-22(8-9-24(21)32(40)38(4)11-10-37(2)3)30-19-35-29-7-5-6-25(31(29)36-30)23-17-27(33)26(28(34)18-23)20-39-12-14-43(41,42)15-13-39/h5-9,16-19,41-42H,10-15,20H2,1-4H3. The van der Waals surface area contributed by atoms with E-state index in [-0.39, 0.29) is 29.5 Å². The van der Waals surface area contributed by atoms with E-state index in [0.29, 0.717) is 53.1 Å². The number of carbonyl (C=O) groups excluding carboxylic acids is 1. The van der Waals surface area contributed by atoms with Gasteiger partial charge in [0.05, 0.1) is 34.4 Å². The number of aryl methyl sites for hydroxylation is 1. The summed E-state index contributed by atoms with van der Waals surface area (Å²) in [6.45, 7) is 4.05. The van der Waals surface area contributed by atoms with Crippen molar-refractivity contribution in [3.05, 3.63) is 83.1 Å². The Bertz CT molecular complexity index is 1630. The molecule has 3 aromatic carbocycles. The second kappa shape index (κ2) is 12.6. The van der Waals surface area contributed by atoms with Gasteiger partial charge in [-0.2, -0.15) is 10.6 Å². The summed E-state index contributed by atoms with van der Waals surface area (Å²) in [5.74, 6) is -0.976. The molecule has 43 heavy (non-hydrogen) atoms. The van der Waals surface area contributed by atoms with Crippen molar-refractivity contribution in [1.29, 1.82) is 0 Å². The molecule has 228 valence electrons. The fourth-order valence-electron chi connectivity index (χ4n) is 5.18. The van der Waals surface area contributed by atoms with Gasteiger partial charge in [-0.3, -0.25) is 23.8 Å². The van der Waals surface area contributed by atoms with Gasteiger partial charge in [0.25, 0.3) is 5.91 Å². The van der Waals surface area contributed by atoms with Gasteiger partial charge in [-0.25, -0.2) is 13.8 Å². The SMILES string of the molecule is Cc1cc(-c2cnc3cccc(-c4cc(F)c(CN5CCS(O)(O)CC5)c(F)c4)c3n2)ccc1C(=O)N(C)CCN(C)C. The molecule has 1 aromatic heterocycles. The number of carbonyl (C=O) groups is 1. The van der Waals surface area contributed by atoms with E-state index in [1.54, 1.807) is 42.4 Å². The minimum absolute atomic E-state index is 0.0494. The molecular formula is C32H37F2N5O3S. The zero-order valence-corrected chi connectivity index (χ0v) is 25.7. The van der Waals surface area contributed by atoms with Gasteiger partial charge in [0.1, 0.15) is 11.6 Å². The van der Waals surface area contributed by atoms with E-state index in [1.165, 1.54) is 12.1 Å². The average molecular weight is 610 g/mol. The number of hydrogen-bond acceptors (Lipinski definition) is 7. The number of aromatic nitrogens is 2. The van der Waals surface area contributed by atoms with Gasteiger partial charge >= 0.3 is 0 Å². The maximum atomic E-state index is 15.3. The molecule has 0 saturated carbocycles. The minimum Gasteiger partial charge on any atom is -0.340 e. The summed E-state index contributed by atoms with van der Waals surface area (Å²) in [6, 6.07) is 13.5. The Hall–Kier alpha value is -3.48. The van der Waals surface area contributed by atoms with Crippen molar-refractivity contribution in [2.24, 2.45) is 0 Å². The summed E-state index contributed by atoms with van der Waals surface area (Å²) in [7, 11) is 3.13. The molecule has 4 aromatic rings. The van der Waals surface area contributed by atoms with Crippen molar-refractivity contribution < 1.29 is 22.7 Å². The molecule has 0 unspecified atom stereocenters. The molecule has 1 aliphatic heterocycles. The molecule has 5 rings (SSSR count). The van der Waals surface area contributed by atoms with Crippen LogP contribution in [-0.2, 0) is 6.54 Å². The second-order valence-electron chi connectivity index (χ2n) is 11.4. The van der Waals surface area contributed by atoms with E-state index in [1.807, 2.05) is 43.0 Å². The van der Waals surface area contributed by atoms with Crippen molar-refractivity contribution in [2.75, 3.05) is 58.8 Å². The van der Waals surface area contributed by atoms with Crippen LogP contribution < -0.4 is 0 Å². The van der Waals surface area contributed by atoms with Gasteiger partial charge in [-0.1, -0.05) is 18.2 Å². The van der Waals surface area contributed by atoms with Gasteiger partial charge in [0.15, 0.2) is 0 Å². The molecule has 0 atom stereocenters. The maximum Gasteiger partial charge on any atom is 0.253 e. The maximum absolute atomic E-state index is 15.3. The Kier molecular flexibility index (Phi) is 9.10. The van der Waals surface area contributed by atoms with Gasteiger partial charge in [0, 0.05) is 62.0 Å². The number of nitrogens with zero attached hydrogens (tertiary/aromatic N) is 5. The Morgan fingerprint density at radius 2 is 1.67 bits per heavy atom. The molecule has 1 aliphatic rings. The predicted octanol–water partition coefficient (Wildman–Crippen LogP) is 5.75. The molecule has 8 nitrogen and oxygen atoms in total. The highest BCUT2D eigenvalue weighted by Gasteiger charge is 2.24. The van der Waals surface area contributed by atoms with E-state index in [0.717, 1.165) is 17.7 Å². The number of rotatable bonds is 8. The van der Waals surface area contributed by atoms with E-state index in [4.69, 9.17) is 4.98 Å². The van der Waals surface area contributed by atoms with Gasteiger partial charge in [-0.15, -0.1) is 0 Å². The molecular weight excluding hydrogens is 572 g/mol. The lowest BCUT2D eigenvalue weighted by Crippen LogP contribution is -2.38. The largest absolute Gasteiger partial charge is 0.340 e. The summed E-state index contributed by atoms with van der Waals surface area (Å²) in [5.41, 5.74) is 4.73. The highest BCUT2D eigenvalue weighted by molar-refractivity contribution is 8.24. The van der Waals surface area contributed by atoms with Crippen LogP contribution in [-0.4, -0.2) is 98.5 Å². The molecule has 2 heterocycles. The number of likely N-dealkylation sites (N-methyl/N-ethyl adjacent to an activating group) is 2. The summed E-state index contributed by atoms with van der Waals surface area (Å²) in [5, 5.41) is 0. The first-order valence-electron chi connectivity index (χ1n) is 14.1. The van der Waals surface area contributed by atoms with Crippen LogP contribution in [0.25, 0.3) is 33.4 Å². The van der Waals surface area contributed by atoms with Crippen LogP contribution in [0.4, 0.5) is 8.78 Å². The van der Waals surface area contributed by atoms with Crippen LogP contribution in [0.1, 0.15) is 21.5 Å². The van der Waals surface area contributed by atoms with E-state index in [2.05, 4.69) is 4.98 Å². The average Bonchev–Trinajstić information content (AvgIpc) is 2.97. The van der Waals surface area contributed by atoms with Gasteiger partial charge < -0.3 is 9.80 Å². The fraction of sp³-hybridized carbons (Fsp3) is 0.344. The first-order chi connectivity index (χ1) is 20.4. The third-order valence-electron chi connectivity index (χ3n) is 7.86. The summed E-state index contributed by atoms with van der Waals surface area (Å²) < 4.78 is 50.3. The molecule has 11 heteroatoms. The molecule has 1 saturated heterocycles. The summed E-state index contributed by atoms with van der Waals surface area (Å²) in [4.78, 5) is 28.0. The van der Waals surface area contributed by atoms with Crippen LogP contribution in [0, 0.1) is 18.6 Å². The molecule has 0 bridgehead atoms. The van der Waals surface area contributed by atoms with Crippen molar-refractivity contribution in [2.45, 2.75) is 13.5 Å². The Morgan fingerprint density at radius 1 is 0.977 bits per heavy atom. The quantitative estimate of drug-likeness (QED) is 0.263. The fourth-order valence-corrected chi connectivity index (χ4v) is 6.49. The number of amides is 1. The monoisotopic (exact) mass is 609 g/mol. The van der Waals surface area contributed by atoms with Crippen molar-refractivity contribution in [3.63, 3.8) is 0 Å². The lowest BCUT2D eigenvalue weighted by molar-refractivity contribution is 0.0785. The molecule has 1 fully saturated rings. The lowest BCUT2D eigenvalue weighted by Gasteiger charge is -2.41. The lowest BCUT2D eigenvalue weighted by atomic mass is 10.00. The Morgan fingerprint density at radius 3 is 2.33 bits per heavy atom. The predicted molar refractivity (Wildman–Crippen MR) is 168 cm³/mol. The van der Waals surface area contributed by atoms with Gasteiger partial charge in [0.2, 0.25) is 0 Å². The number of fused-ring (bicyclic) bond motifs is 1. The van der Waals surface area contributed by atoms with E-state index in [9.17, 15) is 13.9 Å². The molecule has 0 aliphatic carbocycles. The number of benzene rings is 3. The minimum atomic E-state index is -2.59. The first kappa shape index (κ1) is 31.0.